The fourth-order valence-electron chi connectivity index (χ4n) is 9.52. The van der Waals surface area contributed by atoms with Crippen molar-refractivity contribution >= 4 is 66.7 Å². The molecule has 4 heterocycles. The average Bonchev–Trinajstić information content (AvgIpc) is 3.65. The Balaban J connectivity index is 1.27. The number of fused-ring (bicyclic) bond motifs is 10. The molecule has 2 aliphatic rings. The second-order valence-corrected chi connectivity index (χ2v) is 15.0. The first-order chi connectivity index (χ1) is 24.3. The lowest BCUT2D eigenvalue weighted by atomic mass is 9.34. The molecule has 0 amide bonds. The Bertz CT molecular complexity index is 2340. The van der Waals surface area contributed by atoms with Gasteiger partial charge in [0.15, 0.2) is 0 Å². The van der Waals surface area contributed by atoms with E-state index in [9.17, 15) is 0 Å². The summed E-state index contributed by atoms with van der Waals surface area (Å²) in [5.41, 5.74) is 15.7. The van der Waals surface area contributed by atoms with E-state index in [2.05, 4.69) is 114 Å². The molecule has 246 valence electrons. The minimum Gasteiger partial charge on any atom is -0.310 e. The van der Waals surface area contributed by atoms with Gasteiger partial charge < -0.3 is 9.13 Å². The van der Waals surface area contributed by atoms with Crippen molar-refractivity contribution in [1.29, 1.82) is 0 Å². The van der Waals surface area contributed by atoms with Gasteiger partial charge in [0.1, 0.15) is 0 Å². The highest BCUT2D eigenvalue weighted by molar-refractivity contribution is 7.00. The van der Waals surface area contributed by atoms with Crippen molar-refractivity contribution in [3.63, 3.8) is 0 Å². The molecule has 0 atom stereocenters. The van der Waals surface area contributed by atoms with Crippen molar-refractivity contribution in [3.8, 4) is 11.4 Å². The van der Waals surface area contributed by atoms with E-state index in [0.29, 0.717) is 0 Å². The number of aryl methyl sites for hydroxylation is 2. The Morgan fingerprint density at radius 2 is 0.959 bits per heavy atom. The van der Waals surface area contributed by atoms with Gasteiger partial charge in [-0.15, -0.1) is 0 Å². The van der Waals surface area contributed by atoms with Crippen LogP contribution in [0.4, 0.5) is 0 Å². The maximum absolute atomic E-state index is 2.66. The number of para-hydroxylation sites is 3. The third-order valence-electron chi connectivity index (χ3n) is 11.8. The minimum atomic E-state index is 0.220. The summed E-state index contributed by atoms with van der Waals surface area (Å²) in [4.78, 5) is 0. The third-order valence-corrected chi connectivity index (χ3v) is 11.8. The Kier molecular flexibility index (Phi) is 8.11. The van der Waals surface area contributed by atoms with E-state index in [1.807, 2.05) is 0 Å². The number of aromatic nitrogens is 2. The number of nitrogens with zero attached hydrogens (tertiary/aromatic N) is 2. The Hall–Kier alpha value is -4.24. The van der Waals surface area contributed by atoms with E-state index in [4.69, 9.17) is 0 Å². The van der Waals surface area contributed by atoms with Gasteiger partial charge in [-0.1, -0.05) is 139 Å². The monoisotopic (exact) mass is 640 g/mol. The highest BCUT2D eigenvalue weighted by atomic mass is 15.0. The van der Waals surface area contributed by atoms with E-state index in [0.717, 1.165) is 12.8 Å². The quantitative estimate of drug-likeness (QED) is 0.0827. The van der Waals surface area contributed by atoms with E-state index in [1.54, 1.807) is 0 Å². The van der Waals surface area contributed by atoms with Gasteiger partial charge in [0.2, 0.25) is 0 Å². The standard InChI is InChI=1S/C46H49BN2/c1-3-5-7-9-11-13-20-32-28-37-35-23-16-18-27-41(35)49-43-31-33(21-14-12-10-8-6-4-2)30-42-44(43)47(39(29-32)46(37)49)38-25-19-24-36-34-22-15-17-26-40(34)48(42)45(36)38/h15-19,22-31H,3-14,20-21H2,1-2H3. The summed E-state index contributed by atoms with van der Waals surface area (Å²) in [6, 6.07) is 35.7. The van der Waals surface area contributed by atoms with E-state index in [-0.39, 0.29) is 6.71 Å². The molecule has 0 bridgehead atoms. The van der Waals surface area contributed by atoms with Crippen LogP contribution >= 0.6 is 0 Å². The van der Waals surface area contributed by atoms with Crippen LogP contribution in [-0.4, -0.2) is 15.8 Å². The molecule has 0 spiro atoms. The normalized spacial score (nSPS) is 13.0. The summed E-state index contributed by atoms with van der Waals surface area (Å²) < 4.78 is 5.29. The fourth-order valence-corrected chi connectivity index (χ4v) is 9.52. The minimum absolute atomic E-state index is 0.220. The summed E-state index contributed by atoms with van der Waals surface area (Å²) in [7, 11) is 0. The zero-order chi connectivity index (χ0) is 32.9. The average molecular weight is 641 g/mol. The molecule has 9 rings (SSSR count). The van der Waals surface area contributed by atoms with Gasteiger partial charge in [0, 0.05) is 44.0 Å². The smallest absolute Gasteiger partial charge is 0.252 e. The van der Waals surface area contributed by atoms with Gasteiger partial charge in [-0.25, -0.2) is 0 Å². The Labute approximate surface area is 292 Å². The van der Waals surface area contributed by atoms with Crippen molar-refractivity contribution in [2.75, 3.05) is 0 Å². The maximum atomic E-state index is 2.66. The summed E-state index contributed by atoms with van der Waals surface area (Å²) >= 11 is 0. The van der Waals surface area contributed by atoms with E-state index in [1.165, 1.54) is 160 Å². The van der Waals surface area contributed by atoms with Crippen LogP contribution < -0.4 is 16.4 Å². The summed E-state index contributed by atoms with van der Waals surface area (Å²) in [5, 5.41) is 5.56. The SMILES string of the molecule is CCCCCCCCc1cc2c3c(c1)-n1c4ccccc4c4cc(CCCCCCCC)cc(c41)B3c1cccc3c4ccccc4n-2c13. The largest absolute Gasteiger partial charge is 0.310 e. The topological polar surface area (TPSA) is 9.86 Å². The first-order valence-corrected chi connectivity index (χ1v) is 19.5. The van der Waals surface area contributed by atoms with Crippen LogP contribution in [0.1, 0.15) is 102 Å². The molecule has 2 nitrogen and oxygen atoms in total. The fraction of sp³-hybridized carbons (Fsp3) is 0.348. The lowest BCUT2D eigenvalue weighted by Gasteiger charge is -2.34. The van der Waals surface area contributed by atoms with Gasteiger partial charge in [0.25, 0.3) is 6.71 Å². The third kappa shape index (κ3) is 4.98. The number of hydrogen-bond donors (Lipinski definition) is 0. The van der Waals surface area contributed by atoms with Crippen LogP contribution in [0.3, 0.4) is 0 Å². The zero-order valence-electron chi connectivity index (χ0n) is 29.5. The number of hydrogen-bond acceptors (Lipinski definition) is 0. The molecule has 7 aromatic rings. The molecule has 0 N–H and O–H groups in total. The molecule has 3 heteroatoms. The first-order valence-electron chi connectivity index (χ1n) is 19.5. The molecule has 49 heavy (non-hydrogen) atoms. The molecule has 0 fully saturated rings. The Morgan fingerprint density at radius 3 is 1.59 bits per heavy atom. The van der Waals surface area contributed by atoms with Gasteiger partial charge in [-0.05, 0) is 83.5 Å². The second-order valence-electron chi connectivity index (χ2n) is 15.0. The number of rotatable bonds is 14. The Morgan fingerprint density at radius 1 is 0.449 bits per heavy atom. The van der Waals surface area contributed by atoms with Crippen molar-refractivity contribution in [1.82, 2.24) is 9.13 Å². The van der Waals surface area contributed by atoms with Gasteiger partial charge in [-0.3, -0.25) is 0 Å². The highest BCUT2D eigenvalue weighted by Gasteiger charge is 2.41. The molecule has 5 aromatic carbocycles. The van der Waals surface area contributed by atoms with Crippen LogP contribution in [0.15, 0.2) is 91.0 Å². The van der Waals surface area contributed by atoms with Crippen molar-refractivity contribution in [2.45, 2.75) is 104 Å². The predicted molar refractivity (Wildman–Crippen MR) is 214 cm³/mol. The van der Waals surface area contributed by atoms with Crippen LogP contribution in [0.5, 0.6) is 0 Å². The van der Waals surface area contributed by atoms with E-state index >= 15 is 0 Å². The van der Waals surface area contributed by atoms with Crippen LogP contribution in [-0.2, 0) is 12.8 Å². The zero-order valence-corrected chi connectivity index (χ0v) is 29.5. The predicted octanol–water partition coefficient (Wildman–Crippen LogP) is 10.8. The van der Waals surface area contributed by atoms with Crippen molar-refractivity contribution < 1.29 is 0 Å². The molecular formula is C46H49BN2. The molecule has 0 radical (unpaired) electrons. The highest BCUT2D eigenvalue weighted by Crippen LogP contribution is 2.39. The first kappa shape index (κ1) is 30.8. The molecule has 0 unspecified atom stereocenters. The molecule has 2 aliphatic heterocycles. The molecular weight excluding hydrogens is 591 g/mol. The van der Waals surface area contributed by atoms with Crippen molar-refractivity contribution in [2.24, 2.45) is 0 Å². The molecule has 2 aromatic heterocycles. The van der Waals surface area contributed by atoms with Crippen LogP contribution in [0.2, 0.25) is 0 Å². The lowest BCUT2D eigenvalue weighted by Crippen LogP contribution is -2.59. The van der Waals surface area contributed by atoms with Gasteiger partial charge in [0.05, 0.1) is 11.0 Å². The number of benzene rings is 5. The lowest BCUT2D eigenvalue weighted by molar-refractivity contribution is 0.607. The number of unbranched alkanes of at least 4 members (excludes halogenated alkanes) is 10. The molecule has 0 aliphatic carbocycles. The van der Waals surface area contributed by atoms with E-state index < -0.39 is 0 Å². The molecule has 0 saturated carbocycles. The molecule has 0 saturated heterocycles. The summed E-state index contributed by atoms with van der Waals surface area (Å²) in [6.45, 7) is 4.84. The maximum Gasteiger partial charge on any atom is 0.252 e. The summed E-state index contributed by atoms with van der Waals surface area (Å²) in [5.74, 6) is 0. The van der Waals surface area contributed by atoms with Crippen LogP contribution in [0.25, 0.3) is 55.0 Å². The second kappa shape index (κ2) is 12.9. The van der Waals surface area contributed by atoms with Crippen molar-refractivity contribution in [3.05, 3.63) is 102 Å². The summed E-state index contributed by atoms with van der Waals surface area (Å²) in [6.07, 6.45) is 18.2. The van der Waals surface area contributed by atoms with Gasteiger partial charge in [-0.2, -0.15) is 0 Å². The van der Waals surface area contributed by atoms with Crippen LogP contribution in [0, 0.1) is 0 Å². The van der Waals surface area contributed by atoms with Gasteiger partial charge >= 0.3 is 0 Å².